The Morgan fingerprint density at radius 2 is 1.55 bits per heavy atom. The summed E-state index contributed by atoms with van der Waals surface area (Å²) in [4.78, 5) is 13.5. The molecule has 42 heavy (non-hydrogen) atoms. The van der Waals surface area contributed by atoms with Gasteiger partial charge in [0.15, 0.2) is 0 Å². The first kappa shape index (κ1) is 28.5. The van der Waals surface area contributed by atoms with E-state index < -0.39 is 11.6 Å². The van der Waals surface area contributed by atoms with Gasteiger partial charge in [0.2, 0.25) is 5.95 Å². The zero-order valence-corrected chi connectivity index (χ0v) is 24.0. The van der Waals surface area contributed by atoms with Crippen LogP contribution in [0.25, 0.3) is 16.7 Å². The van der Waals surface area contributed by atoms with Crippen LogP contribution in [0.1, 0.15) is 16.7 Å². The fourth-order valence-electron chi connectivity index (χ4n) is 5.53. The van der Waals surface area contributed by atoms with E-state index in [2.05, 4.69) is 15.2 Å². The Kier molecular flexibility index (Phi) is 8.61. The number of hydrogen-bond donors (Lipinski definition) is 1. The first-order valence-corrected chi connectivity index (χ1v) is 14.4. The van der Waals surface area contributed by atoms with Gasteiger partial charge in [0.25, 0.3) is 0 Å². The maximum absolute atomic E-state index is 15.1. The van der Waals surface area contributed by atoms with Crippen LogP contribution in [-0.2, 0) is 16.0 Å². The lowest BCUT2D eigenvalue weighted by molar-refractivity contribution is 0.0322. The molecule has 2 aromatic carbocycles. The third-order valence-corrected chi connectivity index (χ3v) is 7.79. The van der Waals surface area contributed by atoms with Crippen LogP contribution in [-0.4, -0.2) is 90.1 Å². The molecule has 2 aliphatic heterocycles. The number of aryl methyl sites for hydroxylation is 2. The molecule has 0 aliphatic carbocycles. The molecule has 0 atom stereocenters. The largest absolute Gasteiger partial charge is 0.492 e. The van der Waals surface area contributed by atoms with Gasteiger partial charge in [-0.05, 0) is 55.3 Å². The second kappa shape index (κ2) is 12.7. The highest BCUT2D eigenvalue weighted by atomic mass is 19.1. The summed E-state index contributed by atoms with van der Waals surface area (Å²) in [5.74, 6) is 0.0974. The molecule has 222 valence electrons. The Balaban J connectivity index is 1.18. The van der Waals surface area contributed by atoms with Crippen LogP contribution < -0.4 is 10.1 Å². The Bertz CT molecular complexity index is 1500. The first-order chi connectivity index (χ1) is 20.4. The van der Waals surface area contributed by atoms with Crippen LogP contribution >= 0.6 is 0 Å². The lowest BCUT2D eigenvalue weighted by Crippen LogP contribution is -2.38. The second-order valence-electron chi connectivity index (χ2n) is 10.8. The number of nitrogens with one attached hydrogen (secondary N) is 1. The number of hydrogen-bond acceptors (Lipinski definition) is 8. The minimum atomic E-state index is -0.580. The SMILES string of the molecule is Cc1cc(Nc2ncc3ccn(-c4cc(F)c(CN5CCOCC5)c(F)c4)c3n2)cc(C)c1OCCN1CCOCC1. The number of nitrogens with zero attached hydrogens (tertiary/aromatic N) is 5. The number of rotatable bonds is 9. The van der Waals surface area contributed by atoms with Gasteiger partial charge in [0.05, 0.1) is 32.1 Å². The highest BCUT2D eigenvalue weighted by Crippen LogP contribution is 2.29. The van der Waals surface area contributed by atoms with Crippen molar-refractivity contribution >= 4 is 22.7 Å². The van der Waals surface area contributed by atoms with Crippen molar-refractivity contribution in [2.45, 2.75) is 20.4 Å². The topological polar surface area (TPSA) is 76.9 Å². The van der Waals surface area contributed by atoms with Crippen LogP contribution in [0.5, 0.6) is 5.75 Å². The van der Waals surface area contributed by atoms with E-state index in [9.17, 15) is 0 Å². The highest BCUT2D eigenvalue weighted by Gasteiger charge is 2.19. The zero-order chi connectivity index (χ0) is 29.1. The Morgan fingerprint density at radius 3 is 2.21 bits per heavy atom. The number of aromatic nitrogens is 3. The second-order valence-corrected chi connectivity index (χ2v) is 10.8. The van der Waals surface area contributed by atoms with Crippen LogP contribution in [0.3, 0.4) is 0 Å². The molecule has 1 N–H and O–H groups in total. The fraction of sp³-hybridized carbons (Fsp3) is 0.419. The predicted molar refractivity (Wildman–Crippen MR) is 157 cm³/mol. The Hall–Kier alpha value is -3.64. The van der Waals surface area contributed by atoms with Gasteiger partial charge < -0.3 is 24.1 Å². The van der Waals surface area contributed by atoms with Crippen molar-refractivity contribution in [3.63, 3.8) is 0 Å². The van der Waals surface area contributed by atoms with E-state index in [0.717, 1.165) is 60.8 Å². The van der Waals surface area contributed by atoms with Crippen LogP contribution in [0.4, 0.5) is 20.4 Å². The van der Waals surface area contributed by atoms with Gasteiger partial charge in [-0.2, -0.15) is 4.98 Å². The lowest BCUT2D eigenvalue weighted by atomic mass is 10.1. The van der Waals surface area contributed by atoms with Crippen molar-refractivity contribution < 1.29 is 23.0 Å². The molecule has 0 spiro atoms. The summed E-state index contributed by atoms with van der Waals surface area (Å²) in [5, 5.41) is 4.04. The molecule has 2 saturated heterocycles. The van der Waals surface area contributed by atoms with Crippen molar-refractivity contribution in [3.8, 4) is 11.4 Å². The molecule has 0 unspecified atom stereocenters. The fourth-order valence-corrected chi connectivity index (χ4v) is 5.53. The first-order valence-electron chi connectivity index (χ1n) is 14.4. The maximum Gasteiger partial charge on any atom is 0.229 e. The molecule has 2 aliphatic rings. The van der Waals surface area contributed by atoms with Crippen molar-refractivity contribution in [1.29, 1.82) is 0 Å². The van der Waals surface area contributed by atoms with E-state index in [1.165, 1.54) is 12.1 Å². The summed E-state index contributed by atoms with van der Waals surface area (Å²) >= 11 is 0. The molecule has 0 saturated carbocycles. The van der Waals surface area contributed by atoms with Gasteiger partial charge in [0, 0.05) is 68.3 Å². The Morgan fingerprint density at radius 1 is 0.905 bits per heavy atom. The minimum absolute atomic E-state index is 0.0633. The number of anilines is 2. The highest BCUT2D eigenvalue weighted by molar-refractivity contribution is 5.79. The molecule has 4 heterocycles. The molecule has 2 aromatic heterocycles. The molecular formula is C31H36F2N6O3. The normalized spacial score (nSPS) is 16.7. The van der Waals surface area contributed by atoms with E-state index in [-0.39, 0.29) is 12.1 Å². The number of morpholine rings is 2. The summed E-state index contributed by atoms with van der Waals surface area (Å²) in [6, 6.07) is 8.55. The van der Waals surface area contributed by atoms with E-state index in [4.69, 9.17) is 19.2 Å². The van der Waals surface area contributed by atoms with E-state index >= 15 is 8.78 Å². The number of ether oxygens (including phenoxy) is 3. The van der Waals surface area contributed by atoms with E-state index in [1.807, 2.05) is 36.9 Å². The van der Waals surface area contributed by atoms with Gasteiger partial charge in [-0.3, -0.25) is 9.80 Å². The quantitative estimate of drug-likeness (QED) is 0.309. The molecule has 0 amide bonds. The van der Waals surface area contributed by atoms with Crippen LogP contribution in [0, 0.1) is 25.5 Å². The summed E-state index contributed by atoms with van der Waals surface area (Å²) in [5.41, 5.74) is 3.81. The molecule has 11 heteroatoms. The molecular weight excluding hydrogens is 542 g/mol. The average molecular weight is 579 g/mol. The zero-order valence-electron chi connectivity index (χ0n) is 24.0. The van der Waals surface area contributed by atoms with Crippen molar-refractivity contribution in [3.05, 3.63) is 71.1 Å². The third kappa shape index (κ3) is 6.39. The van der Waals surface area contributed by atoms with Crippen molar-refractivity contribution in [2.24, 2.45) is 0 Å². The smallest absolute Gasteiger partial charge is 0.229 e. The molecule has 9 nitrogen and oxygen atoms in total. The Labute approximate surface area is 244 Å². The van der Waals surface area contributed by atoms with Crippen molar-refractivity contribution in [1.82, 2.24) is 24.3 Å². The number of halogens is 2. The van der Waals surface area contributed by atoms with Gasteiger partial charge >= 0.3 is 0 Å². The van der Waals surface area contributed by atoms with E-state index in [0.29, 0.717) is 50.2 Å². The van der Waals surface area contributed by atoms with Crippen LogP contribution in [0.15, 0.2) is 42.7 Å². The monoisotopic (exact) mass is 578 g/mol. The number of benzene rings is 2. The maximum atomic E-state index is 15.1. The van der Waals surface area contributed by atoms with Gasteiger partial charge in [-0.15, -0.1) is 0 Å². The summed E-state index contributed by atoms with van der Waals surface area (Å²) in [6.07, 6.45) is 3.44. The molecule has 0 radical (unpaired) electrons. The van der Waals surface area contributed by atoms with Gasteiger partial charge in [-0.25, -0.2) is 13.8 Å². The minimum Gasteiger partial charge on any atom is -0.492 e. The summed E-state index contributed by atoms with van der Waals surface area (Å²) in [7, 11) is 0. The predicted octanol–water partition coefficient (Wildman–Crippen LogP) is 4.60. The van der Waals surface area contributed by atoms with Crippen molar-refractivity contribution in [2.75, 3.05) is 71.1 Å². The molecule has 2 fully saturated rings. The average Bonchev–Trinajstić information content (AvgIpc) is 3.41. The summed E-state index contributed by atoms with van der Waals surface area (Å²) < 4.78 is 48.8. The van der Waals surface area contributed by atoms with Gasteiger partial charge in [-0.1, -0.05) is 0 Å². The van der Waals surface area contributed by atoms with Crippen LogP contribution in [0.2, 0.25) is 0 Å². The lowest BCUT2D eigenvalue weighted by Gasteiger charge is -2.27. The standard InChI is InChI=1S/C31H36F2N6O3/c1-21-15-24(16-22(2)29(21)42-14-9-37-5-10-40-11-6-37)35-31-34-19-23-3-4-39(30(23)36-31)25-17-27(32)26(28(33)18-25)20-38-7-12-41-13-8-38/h3-4,15-19H,5-14,20H2,1-2H3,(H,34,35,36). The number of fused-ring (bicyclic) bond motifs is 1. The van der Waals surface area contributed by atoms with Gasteiger partial charge in [0.1, 0.15) is 29.6 Å². The van der Waals surface area contributed by atoms with E-state index in [1.54, 1.807) is 17.0 Å². The molecule has 6 rings (SSSR count). The molecule has 4 aromatic rings. The third-order valence-electron chi connectivity index (χ3n) is 7.79. The molecule has 0 bridgehead atoms. The summed E-state index contributed by atoms with van der Waals surface area (Å²) in [6.45, 7) is 11.6.